The minimum absolute atomic E-state index is 0.117. The van der Waals surface area contributed by atoms with Gasteiger partial charge in [-0.3, -0.25) is 9.36 Å². The van der Waals surface area contributed by atoms with Crippen molar-refractivity contribution in [3.63, 3.8) is 0 Å². The summed E-state index contributed by atoms with van der Waals surface area (Å²) in [7, 11) is 0. The second-order valence-corrected chi connectivity index (χ2v) is 8.48. The molecule has 0 aliphatic heterocycles. The number of nitrogens with zero attached hydrogens (tertiary/aromatic N) is 3. The molecule has 0 spiro atoms. The summed E-state index contributed by atoms with van der Waals surface area (Å²) in [6.45, 7) is 1.49. The zero-order chi connectivity index (χ0) is 20.4. The Labute approximate surface area is 178 Å². The van der Waals surface area contributed by atoms with Crippen molar-refractivity contribution >= 4 is 35.0 Å². The van der Waals surface area contributed by atoms with E-state index in [1.807, 2.05) is 41.0 Å². The number of halogens is 1. The van der Waals surface area contributed by atoms with Crippen LogP contribution in [0.3, 0.4) is 0 Å². The first-order chi connectivity index (χ1) is 14.0. The third-order valence-electron chi connectivity index (χ3n) is 4.65. The first-order valence-corrected chi connectivity index (χ1v) is 10.8. The van der Waals surface area contributed by atoms with E-state index >= 15 is 0 Å². The van der Waals surface area contributed by atoms with Crippen molar-refractivity contribution in [2.75, 3.05) is 11.1 Å². The summed E-state index contributed by atoms with van der Waals surface area (Å²) in [5, 5.41) is 23.5. The number of aromatic nitrogens is 3. The smallest absolute Gasteiger partial charge is 0.221 e. The number of nitrogens with one attached hydrogen (secondary N) is 1. The van der Waals surface area contributed by atoms with E-state index in [1.54, 1.807) is 12.1 Å². The maximum Gasteiger partial charge on any atom is 0.221 e. The number of anilines is 1. The van der Waals surface area contributed by atoms with E-state index < -0.39 is 6.10 Å². The number of thioether (sulfide) groups is 1. The highest BCUT2D eigenvalue weighted by Crippen LogP contribution is 2.41. The maximum absolute atomic E-state index is 11.4. The Balaban J connectivity index is 1.58. The van der Waals surface area contributed by atoms with Crippen LogP contribution in [0.2, 0.25) is 5.02 Å². The zero-order valence-electron chi connectivity index (χ0n) is 15.9. The highest BCUT2D eigenvalue weighted by molar-refractivity contribution is 7.99. The van der Waals surface area contributed by atoms with Crippen molar-refractivity contribution in [3.8, 4) is 5.69 Å². The normalized spacial score (nSPS) is 14.6. The quantitative estimate of drug-likeness (QED) is 0.538. The van der Waals surface area contributed by atoms with Gasteiger partial charge in [0.1, 0.15) is 5.82 Å². The second-order valence-electron chi connectivity index (χ2n) is 7.06. The number of rotatable bonds is 7. The molecule has 0 unspecified atom stereocenters. The molecule has 1 saturated carbocycles. The maximum atomic E-state index is 11.4. The Morgan fingerprint density at radius 3 is 2.72 bits per heavy atom. The van der Waals surface area contributed by atoms with Gasteiger partial charge in [-0.15, -0.1) is 10.2 Å². The van der Waals surface area contributed by atoms with Gasteiger partial charge in [0.15, 0.2) is 5.16 Å². The Kier molecular flexibility index (Phi) is 5.89. The summed E-state index contributed by atoms with van der Waals surface area (Å²) < 4.78 is 2.03. The summed E-state index contributed by atoms with van der Waals surface area (Å²) in [5.41, 5.74) is 2.43. The van der Waals surface area contributed by atoms with Crippen LogP contribution in [0, 0.1) is 0 Å². The van der Waals surface area contributed by atoms with E-state index in [0.717, 1.165) is 40.8 Å². The van der Waals surface area contributed by atoms with Crippen molar-refractivity contribution in [1.29, 1.82) is 0 Å². The standard InChI is InChI=1S/C21H21ClN4O2S/c1-13(27)23-17-3-2-4-18(11-17)26-20(15-5-6-15)24-25-21(26)29-12-19(28)14-7-9-16(22)10-8-14/h2-4,7-11,15,19,28H,5-6,12H2,1H3,(H,23,27)/t19-/m1/s1. The fourth-order valence-electron chi connectivity index (χ4n) is 3.08. The van der Waals surface area contributed by atoms with Gasteiger partial charge in [-0.25, -0.2) is 0 Å². The average Bonchev–Trinajstić information content (AvgIpc) is 3.45. The van der Waals surface area contributed by atoms with Crippen LogP contribution in [0.4, 0.5) is 5.69 Å². The van der Waals surface area contributed by atoms with Gasteiger partial charge in [-0.05, 0) is 48.7 Å². The number of benzene rings is 2. The molecule has 3 aromatic rings. The zero-order valence-corrected chi connectivity index (χ0v) is 17.5. The lowest BCUT2D eigenvalue weighted by Gasteiger charge is -2.13. The van der Waals surface area contributed by atoms with E-state index in [2.05, 4.69) is 15.5 Å². The van der Waals surface area contributed by atoms with Gasteiger partial charge in [0.2, 0.25) is 5.91 Å². The van der Waals surface area contributed by atoms with Gasteiger partial charge >= 0.3 is 0 Å². The van der Waals surface area contributed by atoms with Crippen molar-refractivity contribution in [3.05, 3.63) is 64.9 Å². The lowest BCUT2D eigenvalue weighted by atomic mass is 10.1. The third-order valence-corrected chi connectivity index (χ3v) is 5.91. The topological polar surface area (TPSA) is 80.0 Å². The van der Waals surface area contributed by atoms with Crippen LogP contribution >= 0.6 is 23.4 Å². The van der Waals surface area contributed by atoms with Crippen molar-refractivity contribution in [2.45, 2.75) is 36.9 Å². The van der Waals surface area contributed by atoms with E-state index in [4.69, 9.17) is 11.6 Å². The minimum Gasteiger partial charge on any atom is -0.388 e. The molecule has 2 N–H and O–H groups in total. The van der Waals surface area contributed by atoms with Gasteiger partial charge < -0.3 is 10.4 Å². The average molecular weight is 429 g/mol. The first kappa shape index (κ1) is 19.9. The molecule has 1 amide bonds. The molecule has 1 heterocycles. The fraction of sp³-hybridized carbons (Fsp3) is 0.286. The van der Waals surface area contributed by atoms with Crippen LogP contribution < -0.4 is 5.32 Å². The summed E-state index contributed by atoms with van der Waals surface area (Å²) in [6.07, 6.45) is 1.56. The monoisotopic (exact) mass is 428 g/mol. The number of hydrogen-bond donors (Lipinski definition) is 2. The fourth-order valence-corrected chi connectivity index (χ4v) is 4.14. The highest BCUT2D eigenvalue weighted by Gasteiger charge is 2.31. The van der Waals surface area contributed by atoms with Gasteiger partial charge in [-0.1, -0.05) is 41.6 Å². The molecule has 8 heteroatoms. The third kappa shape index (κ3) is 4.80. The summed E-state index contributed by atoms with van der Waals surface area (Å²) in [4.78, 5) is 11.4. The van der Waals surface area contributed by atoms with Gasteiger partial charge in [0.25, 0.3) is 0 Å². The van der Waals surface area contributed by atoms with Crippen LogP contribution in [0.1, 0.15) is 43.2 Å². The second kappa shape index (κ2) is 8.57. The number of aliphatic hydroxyl groups excluding tert-OH is 1. The molecule has 6 nitrogen and oxygen atoms in total. The van der Waals surface area contributed by atoms with Crippen molar-refractivity contribution in [2.24, 2.45) is 0 Å². The molecule has 29 heavy (non-hydrogen) atoms. The van der Waals surface area contributed by atoms with Crippen molar-refractivity contribution in [1.82, 2.24) is 14.8 Å². The molecule has 0 bridgehead atoms. The number of hydrogen-bond acceptors (Lipinski definition) is 5. The number of carbonyl (C=O) groups excluding carboxylic acids is 1. The van der Waals surface area contributed by atoms with Crippen LogP contribution in [0.25, 0.3) is 5.69 Å². The predicted molar refractivity (Wildman–Crippen MR) is 115 cm³/mol. The van der Waals surface area contributed by atoms with Gasteiger partial charge in [0, 0.05) is 29.3 Å². The Bertz CT molecular complexity index is 1020. The molecule has 1 fully saturated rings. The summed E-state index contributed by atoms with van der Waals surface area (Å²) in [5.74, 6) is 1.65. The largest absolute Gasteiger partial charge is 0.388 e. The summed E-state index contributed by atoms with van der Waals surface area (Å²) in [6, 6.07) is 14.8. The minimum atomic E-state index is -0.641. The molecule has 1 aliphatic rings. The summed E-state index contributed by atoms with van der Waals surface area (Å²) >= 11 is 7.38. The van der Waals surface area contributed by atoms with E-state index in [-0.39, 0.29) is 5.91 Å². The molecule has 150 valence electrons. The Morgan fingerprint density at radius 2 is 2.03 bits per heavy atom. The molecule has 0 radical (unpaired) electrons. The molecule has 0 saturated heterocycles. The molecule has 1 aliphatic carbocycles. The number of aliphatic hydroxyl groups is 1. The lowest BCUT2D eigenvalue weighted by Crippen LogP contribution is -2.08. The first-order valence-electron chi connectivity index (χ1n) is 9.41. The highest BCUT2D eigenvalue weighted by atomic mass is 35.5. The SMILES string of the molecule is CC(=O)Nc1cccc(-n2c(SC[C@@H](O)c3ccc(Cl)cc3)nnc2C2CC2)c1. The Morgan fingerprint density at radius 1 is 1.28 bits per heavy atom. The lowest BCUT2D eigenvalue weighted by molar-refractivity contribution is -0.114. The molecule has 2 aromatic carbocycles. The molecule has 1 atom stereocenters. The van der Waals surface area contributed by atoms with Crippen molar-refractivity contribution < 1.29 is 9.90 Å². The number of amides is 1. The van der Waals surface area contributed by atoms with Gasteiger partial charge in [0.05, 0.1) is 11.8 Å². The van der Waals surface area contributed by atoms with E-state index in [1.165, 1.54) is 18.7 Å². The van der Waals surface area contributed by atoms with Crippen LogP contribution in [0.5, 0.6) is 0 Å². The van der Waals surface area contributed by atoms with Gasteiger partial charge in [-0.2, -0.15) is 0 Å². The van der Waals surface area contributed by atoms with E-state index in [0.29, 0.717) is 16.7 Å². The van der Waals surface area contributed by atoms with Crippen LogP contribution in [0.15, 0.2) is 53.7 Å². The van der Waals surface area contributed by atoms with Crippen LogP contribution in [-0.4, -0.2) is 31.5 Å². The predicted octanol–water partition coefficient (Wildman–Crippen LogP) is 4.58. The van der Waals surface area contributed by atoms with E-state index in [9.17, 15) is 9.90 Å². The Hall–Kier alpha value is -2.35. The number of carbonyl (C=O) groups is 1. The molecular formula is C21H21ClN4O2S. The molecule has 4 rings (SSSR count). The van der Waals surface area contributed by atoms with Crippen LogP contribution in [-0.2, 0) is 4.79 Å². The molecule has 1 aromatic heterocycles. The molecular weight excluding hydrogens is 408 g/mol.